The number of carbonyl (C=O) groups excluding carboxylic acids is 1. The Hall–Kier alpha value is -1.22. The Bertz CT molecular complexity index is 268. The molecule has 0 fully saturated rings. The highest BCUT2D eigenvalue weighted by Gasteiger charge is 1.92. The molecule has 0 aromatic heterocycles. The van der Waals surface area contributed by atoms with E-state index < -0.39 is 12.6 Å². The Morgan fingerprint density at radius 3 is 2.50 bits per heavy atom. The number of benzene rings is 1. The summed E-state index contributed by atoms with van der Waals surface area (Å²) in [4.78, 5) is 9.98. The van der Waals surface area contributed by atoms with Crippen molar-refractivity contribution in [2.24, 2.45) is 0 Å². The first-order chi connectivity index (χ1) is 5.68. The molecule has 0 aliphatic carbocycles. The number of hydrogen-bond acceptors (Lipinski definition) is 3. The summed E-state index contributed by atoms with van der Waals surface area (Å²) in [7, 11) is 0. The van der Waals surface area contributed by atoms with Gasteiger partial charge in [-0.1, -0.05) is 11.6 Å². The van der Waals surface area contributed by atoms with E-state index in [1.807, 2.05) is 0 Å². The minimum Gasteiger partial charge on any atom is -0.546 e. The normalized spacial score (nSPS) is 9.42. The van der Waals surface area contributed by atoms with Gasteiger partial charge in [-0.2, -0.15) is 0 Å². The average Bonchev–Trinajstić information content (AvgIpc) is 2.03. The molecule has 0 spiro atoms. The first kappa shape index (κ1) is 8.87. The van der Waals surface area contributed by atoms with Crippen LogP contribution in [0, 0.1) is 0 Å². The smallest absolute Gasteiger partial charge is 0.128 e. The van der Waals surface area contributed by atoms with E-state index in [-0.39, 0.29) is 0 Å². The zero-order valence-corrected chi connectivity index (χ0v) is 6.88. The van der Waals surface area contributed by atoms with Gasteiger partial charge in [0, 0.05) is 5.02 Å². The molecule has 0 heterocycles. The molecule has 0 N–H and O–H groups in total. The van der Waals surface area contributed by atoms with Gasteiger partial charge in [-0.05, 0) is 24.3 Å². The molecule has 0 atom stereocenters. The summed E-state index contributed by atoms with van der Waals surface area (Å²) in [6.45, 7) is -0.443. The van der Waals surface area contributed by atoms with E-state index in [0.29, 0.717) is 10.8 Å². The van der Waals surface area contributed by atoms with Gasteiger partial charge in [0.25, 0.3) is 0 Å². The summed E-state index contributed by atoms with van der Waals surface area (Å²) in [5.74, 6) is -0.784. The molecule has 0 bridgehead atoms. The van der Waals surface area contributed by atoms with Crippen LogP contribution >= 0.6 is 11.6 Å². The lowest BCUT2D eigenvalue weighted by atomic mass is 10.3. The minimum atomic E-state index is -1.25. The third-order valence-electron chi connectivity index (χ3n) is 1.17. The number of ether oxygens (including phenoxy) is 1. The summed E-state index contributed by atoms with van der Waals surface area (Å²) in [6, 6.07) is 6.41. The zero-order valence-electron chi connectivity index (χ0n) is 6.12. The first-order valence-corrected chi connectivity index (χ1v) is 3.64. The fourth-order valence-corrected chi connectivity index (χ4v) is 0.799. The second kappa shape index (κ2) is 3.97. The first-order valence-electron chi connectivity index (χ1n) is 3.26. The second-order valence-corrected chi connectivity index (χ2v) is 2.55. The maximum Gasteiger partial charge on any atom is 0.128 e. The fraction of sp³-hybridized carbons (Fsp3) is 0.125. The molecule has 0 aliphatic heterocycles. The van der Waals surface area contributed by atoms with Gasteiger partial charge < -0.3 is 14.6 Å². The SMILES string of the molecule is O=C([O-])COc1ccc(Cl)cc1. The minimum absolute atomic E-state index is 0.443. The highest BCUT2D eigenvalue weighted by Crippen LogP contribution is 2.14. The van der Waals surface area contributed by atoms with Crippen LogP contribution in [0.2, 0.25) is 5.02 Å². The number of aliphatic carboxylic acids is 1. The predicted octanol–water partition coefficient (Wildman–Crippen LogP) is 0.469. The quantitative estimate of drug-likeness (QED) is 0.688. The van der Waals surface area contributed by atoms with Crippen LogP contribution in [0.5, 0.6) is 5.75 Å². The van der Waals surface area contributed by atoms with Crippen LogP contribution in [0.4, 0.5) is 0 Å². The largest absolute Gasteiger partial charge is 0.546 e. The molecule has 3 nitrogen and oxygen atoms in total. The topological polar surface area (TPSA) is 49.4 Å². The molecule has 1 aromatic carbocycles. The van der Waals surface area contributed by atoms with Gasteiger partial charge in [0.2, 0.25) is 0 Å². The number of rotatable bonds is 3. The van der Waals surface area contributed by atoms with Crippen molar-refractivity contribution in [1.82, 2.24) is 0 Å². The third-order valence-corrected chi connectivity index (χ3v) is 1.42. The van der Waals surface area contributed by atoms with Crippen LogP contribution in [-0.4, -0.2) is 12.6 Å². The number of carboxylic acids is 1. The Morgan fingerprint density at radius 1 is 1.42 bits per heavy atom. The summed E-state index contributed by atoms with van der Waals surface area (Å²) >= 11 is 5.59. The second-order valence-electron chi connectivity index (χ2n) is 2.11. The zero-order chi connectivity index (χ0) is 8.97. The van der Waals surface area contributed by atoms with E-state index in [1.165, 1.54) is 0 Å². The number of carbonyl (C=O) groups is 1. The summed E-state index contributed by atoms with van der Waals surface area (Å²) in [6.07, 6.45) is 0. The van der Waals surface area contributed by atoms with Crippen molar-refractivity contribution in [3.8, 4) is 5.75 Å². The standard InChI is InChI=1S/C8H7ClO3/c9-6-1-3-7(4-2-6)12-5-8(10)11/h1-4H,5H2,(H,10,11)/p-1. The van der Waals surface area contributed by atoms with Gasteiger partial charge in [-0.25, -0.2) is 0 Å². The molecule has 0 amide bonds. The highest BCUT2D eigenvalue weighted by atomic mass is 35.5. The van der Waals surface area contributed by atoms with E-state index in [2.05, 4.69) is 0 Å². The van der Waals surface area contributed by atoms with Crippen molar-refractivity contribution in [1.29, 1.82) is 0 Å². The monoisotopic (exact) mass is 185 g/mol. The van der Waals surface area contributed by atoms with E-state index in [4.69, 9.17) is 16.3 Å². The molecule has 4 heteroatoms. The predicted molar refractivity (Wildman–Crippen MR) is 42.0 cm³/mol. The van der Waals surface area contributed by atoms with Gasteiger partial charge in [0.05, 0.1) is 5.97 Å². The van der Waals surface area contributed by atoms with Gasteiger partial charge in [-0.3, -0.25) is 0 Å². The molecule has 1 aromatic rings. The molecule has 0 radical (unpaired) electrons. The number of halogens is 1. The molecule has 1 rings (SSSR count). The van der Waals surface area contributed by atoms with Crippen molar-refractivity contribution in [2.45, 2.75) is 0 Å². The van der Waals surface area contributed by atoms with Gasteiger partial charge in [-0.15, -0.1) is 0 Å². The summed E-state index contributed by atoms with van der Waals surface area (Å²) < 4.78 is 4.80. The average molecular weight is 186 g/mol. The fourth-order valence-electron chi connectivity index (χ4n) is 0.673. The van der Waals surface area contributed by atoms with Crippen molar-refractivity contribution in [3.63, 3.8) is 0 Å². The van der Waals surface area contributed by atoms with Crippen LogP contribution in [0.25, 0.3) is 0 Å². The summed E-state index contributed by atoms with van der Waals surface area (Å²) in [5, 5.41) is 10.6. The van der Waals surface area contributed by atoms with Gasteiger partial charge >= 0.3 is 0 Å². The molecular formula is C8H6ClO3-. The Labute approximate surface area is 74.5 Å². The van der Waals surface area contributed by atoms with E-state index >= 15 is 0 Å². The Balaban J connectivity index is 2.53. The van der Waals surface area contributed by atoms with Crippen LogP contribution in [-0.2, 0) is 4.79 Å². The van der Waals surface area contributed by atoms with Crippen molar-refractivity contribution in [3.05, 3.63) is 29.3 Å². The van der Waals surface area contributed by atoms with Crippen molar-refractivity contribution in [2.75, 3.05) is 6.61 Å². The lowest BCUT2D eigenvalue weighted by Gasteiger charge is -2.05. The highest BCUT2D eigenvalue weighted by molar-refractivity contribution is 6.30. The molecule has 64 valence electrons. The lowest BCUT2D eigenvalue weighted by Crippen LogP contribution is -2.28. The van der Waals surface area contributed by atoms with Gasteiger partial charge in [0.1, 0.15) is 12.4 Å². The number of carboxylic acid groups (broad SMARTS) is 1. The van der Waals surface area contributed by atoms with Crippen LogP contribution < -0.4 is 9.84 Å². The third kappa shape index (κ3) is 2.80. The van der Waals surface area contributed by atoms with Crippen LogP contribution in [0.1, 0.15) is 0 Å². The Kier molecular flexibility index (Phi) is 2.94. The van der Waals surface area contributed by atoms with Crippen molar-refractivity contribution < 1.29 is 14.6 Å². The number of hydrogen-bond donors (Lipinski definition) is 0. The van der Waals surface area contributed by atoms with Gasteiger partial charge in [0.15, 0.2) is 0 Å². The molecule has 12 heavy (non-hydrogen) atoms. The molecular weight excluding hydrogens is 180 g/mol. The molecule has 0 unspecified atom stereocenters. The van der Waals surface area contributed by atoms with Crippen molar-refractivity contribution >= 4 is 17.6 Å². The van der Waals surface area contributed by atoms with E-state index in [9.17, 15) is 9.90 Å². The Morgan fingerprint density at radius 2 is 2.00 bits per heavy atom. The molecule has 0 saturated heterocycles. The maximum atomic E-state index is 9.98. The van der Waals surface area contributed by atoms with E-state index in [0.717, 1.165) is 0 Å². The van der Waals surface area contributed by atoms with Crippen LogP contribution in [0.15, 0.2) is 24.3 Å². The van der Waals surface area contributed by atoms with Crippen LogP contribution in [0.3, 0.4) is 0 Å². The van der Waals surface area contributed by atoms with E-state index in [1.54, 1.807) is 24.3 Å². The maximum absolute atomic E-state index is 9.98. The molecule has 0 aliphatic rings. The lowest BCUT2D eigenvalue weighted by molar-refractivity contribution is -0.307. The molecule has 0 saturated carbocycles. The summed E-state index contributed by atoms with van der Waals surface area (Å²) in [5.41, 5.74) is 0.